The molecular formula is C27H26N4O4. The highest BCUT2D eigenvalue weighted by Crippen LogP contribution is 2.30. The Hall–Kier alpha value is -4.46. The number of fused-ring (bicyclic) bond motifs is 1. The van der Waals surface area contributed by atoms with Crippen molar-refractivity contribution in [2.24, 2.45) is 5.41 Å². The Bertz CT molecular complexity index is 1310. The van der Waals surface area contributed by atoms with E-state index in [2.05, 4.69) is 16.0 Å². The van der Waals surface area contributed by atoms with Crippen LogP contribution in [0.15, 0.2) is 72.8 Å². The number of benzene rings is 3. The summed E-state index contributed by atoms with van der Waals surface area (Å²) in [6.07, 6.45) is 0. The minimum atomic E-state index is -0.558. The number of carbonyl (C=O) groups is 4. The van der Waals surface area contributed by atoms with Crippen LogP contribution in [0.25, 0.3) is 0 Å². The zero-order valence-corrected chi connectivity index (χ0v) is 19.7. The van der Waals surface area contributed by atoms with Gasteiger partial charge >= 0.3 is 0 Å². The molecule has 8 nitrogen and oxygen atoms in total. The van der Waals surface area contributed by atoms with Crippen LogP contribution in [0.5, 0.6) is 0 Å². The van der Waals surface area contributed by atoms with E-state index in [1.54, 1.807) is 72.8 Å². The molecule has 0 atom stereocenters. The van der Waals surface area contributed by atoms with Crippen molar-refractivity contribution in [1.29, 1.82) is 0 Å². The van der Waals surface area contributed by atoms with Gasteiger partial charge in [-0.3, -0.25) is 24.1 Å². The van der Waals surface area contributed by atoms with Crippen molar-refractivity contribution in [3.63, 3.8) is 0 Å². The van der Waals surface area contributed by atoms with Gasteiger partial charge in [0.1, 0.15) is 6.54 Å². The summed E-state index contributed by atoms with van der Waals surface area (Å²) in [6.45, 7) is 5.36. The van der Waals surface area contributed by atoms with E-state index in [-0.39, 0.29) is 30.2 Å². The third kappa shape index (κ3) is 5.38. The van der Waals surface area contributed by atoms with Crippen LogP contribution in [0.2, 0.25) is 0 Å². The monoisotopic (exact) mass is 470 g/mol. The lowest BCUT2D eigenvalue weighted by molar-refractivity contribution is -0.123. The van der Waals surface area contributed by atoms with Gasteiger partial charge in [-0.1, -0.05) is 39.0 Å². The molecular weight excluding hydrogens is 444 g/mol. The summed E-state index contributed by atoms with van der Waals surface area (Å²) in [5.74, 6) is -1.07. The number of anilines is 4. The molecule has 0 saturated heterocycles. The van der Waals surface area contributed by atoms with E-state index < -0.39 is 5.41 Å². The van der Waals surface area contributed by atoms with Gasteiger partial charge in [-0.05, 0) is 54.6 Å². The number of nitrogens with zero attached hydrogens (tertiary/aromatic N) is 1. The second-order valence-corrected chi connectivity index (χ2v) is 9.27. The summed E-state index contributed by atoms with van der Waals surface area (Å²) in [5.41, 5.74) is 2.47. The maximum Gasteiger partial charge on any atom is 0.258 e. The number of carbonyl (C=O) groups excluding carboxylic acids is 4. The van der Waals surface area contributed by atoms with E-state index in [0.29, 0.717) is 33.9 Å². The van der Waals surface area contributed by atoms with Crippen molar-refractivity contribution in [1.82, 2.24) is 0 Å². The van der Waals surface area contributed by atoms with E-state index in [9.17, 15) is 19.2 Å². The molecule has 4 amide bonds. The molecule has 1 aliphatic heterocycles. The van der Waals surface area contributed by atoms with Gasteiger partial charge in [-0.2, -0.15) is 0 Å². The van der Waals surface area contributed by atoms with Crippen LogP contribution in [0.4, 0.5) is 22.7 Å². The van der Waals surface area contributed by atoms with E-state index in [1.807, 2.05) is 20.8 Å². The largest absolute Gasteiger partial charge is 0.326 e. The van der Waals surface area contributed by atoms with Gasteiger partial charge in [-0.15, -0.1) is 0 Å². The van der Waals surface area contributed by atoms with Crippen LogP contribution in [0, 0.1) is 5.41 Å². The second kappa shape index (κ2) is 9.42. The Morgan fingerprint density at radius 2 is 1.54 bits per heavy atom. The molecule has 0 saturated carbocycles. The number of hydrogen-bond acceptors (Lipinski definition) is 4. The number of para-hydroxylation sites is 2. The summed E-state index contributed by atoms with van der Waals surface area (Å²) in [5, 5.41) is 8.37. The van der Waals surface area contributed by atoms with Gasteiger partial charge in [0, 0.05) is 27.9 Å². The van der Waals surface area contributed by atoms with Crippen molar-refractivity contribution in [2.75, 3.05) is 27.4 Å². The van der Waals surface area contributed by atoms with Gasteiger partial charge in [0.25, 0.3) is 11.8 Å². The topological polar surface area (TPSA) is 108 Å². The van der Waals surface area contributed by atoms with Crippen LogP contribution < -0.4 is 20.9 Å². The average Bonchev–Trinajstić information content (AvgIpc) is 2.83. The quantitative estimate of drug-likeness (QED) is 0.521. The Kier molecular flexibility index (Phi) is 6.38. The van der Waals surface area contributed by atoms with Crippen LogP contribution in [-0.4, -0.2) is 30.2 Å². The lowest BCUT2D eigenvalue weighted by Gasteiger charge is -2.29. The molecule has 0 aromatic heterocycles. The van der Waals surface area contributed by atoms with Crippen molar-refractivity contribution in [3.8, 4) is 0 Å². The molecule has 0 fully saturated rings. The van der Waals surface area contributed by atoms with Gasteiger partial charge in [0.15, 0.2) is 0 Å². The molecule has 1 aliphatic rings. The lowest BCUT2D eigenvalue weighted by atomic mass is 9.95. The first kappa shape index (κ1) is 23.7. The number of hydrogen-bond donors (Lipinski definition) is 3. The van der Waals surface area contributed by atoms with E-state index in [1.165, 1.54) is 4.90 Å². The first-order valence-corrected chi connectivity index (χ1v) is 11.2. The average molecular weight is 471 g/mol. The first-order chi connectivity index (χ1) is 16.6. The Morgan fingerprint density at radius 1 is 0.829 bits per heavy atom. The van der Waals surface area contributed by atoms with Gasteiger partial charge < -0.3 is 16.0 Å². The second-order valence-electron chi connectivity index (χ2n) is 9.27. The normalized spacial score (nSPS) is 12.9. The molecule has 0 bridgehead atoms. The van der Waals surface area contributed by atoms with Crippen molar-refractivity contribution in [3.05, 3.63) is 83.9 Å². The maximum absolute atomic E-state index is 13.1. The van der Waals surface area contributed by atoms with Crippen molar-refractivity contribution in [2.45, 2.75) is 20.8 Å². The fraction of sp³-hybridized carbons (Fsp3) is 0.185. The molecule has 3 aromatic rings. The molecule has 0 spiro atoms. The standard InChI is InChI=1S/C27H26N4O4/c1-27(2,3)26(35)29-20-8-6-7-18(15-20)24(33)28-19-13-11-17(12-14-19)25(34)31-16-23(32)30-21-9-4-5-10-22(21)31/h4-15H,16H2,1-3H3,(H,28,33)(H,29,35)(H,30,32). The molecule has 178 valence electrons. The minimum absolute atomic E-state index is 0.0730. The fourth-order valence-corrected chi connectivity index (χ4v) is 3.53. The third-order valence-corrected chi connectivity index (χ3v) is 5.47. The summed E-state index contributed by atoms with van der Waals surface area (Å²) in [4.78, 5) is 51.5. The van der Waals surface area contributed by atoms with E-state index in [4.69, 9.17) is 0 Å². The maximum atomic E-state index is 13.1. The summed E-state index contributed by atoms with van der Waals surface area (Å²) in [6, 6.07) is 20.3. The molecule has 0 unspecified atom stereocenters. The predicted molar refractivity (Wildman–Crippen MR) is 136 cm³/mol. The Labute approximate surface area is 203 Å². The fourth-order valence-electron chi connectivity index (χ4n) is 3.53. The Morgan fingerprint density at radius 3 is 2.26 bits per heavy atom. The highest BCUT2D eigenvalue weighted by atomic mass is 16.2. The number of amides is 4. The van der Waals surface area contributed by atoms with Crippen LogP contribution in [-0.2, 0) is 9.59 Å². The van der Waals surface area contributed by atoms with Crippen LogP contribution >= 0.6 is 0 Å². The van der Waals surface area contributed by atoms with Crippen molar-refractivity contribution < 1.29 is 19.2 Å². The highest BCUT2D eigenvalue weighted by molar-refractivity contribution is 6.15. The van der Waals surface area contributed by atoms with Gasteiger partial charge in [0.05, 0.1) is 11.4 Å². The molecule has 1 heterocycles. The zero-order valence-electron chi connectivity index (χ0n) is 19.7. The SMILES string of the molecule is CC(C)(C)C(=O)Nc1cccc(C(=O)Nc2ccc(C(=O)N3CC(=O)Nc4ccccc43)cc2)c1. The molecule has 0 aliphatic carbocycles. The minimum Gasteiger partial charge on any atom is -0.326 e. The highest BCUT2D eigenvalue weighted by Gasteiger charge is 2.27. The summed E-state index contributed by atoms with van der Waals surface area (Å²) >= 11 is 0. The number of rotatable bonds is 4. The molecule has 35 heavy (non-hydrogen) atoms. The molecule has 4 rings (SSSR count). The zero-order chi connectivity index (χ0) is 25.2. The smallest absolute Gasteiger partial charge is 0.258 e. The number of nitrogens with one attached hydrogen (secondary N) is 3. The van der Waals surface area contributed by atoms with Crippen LogP contribution in [0.3, 0.4) is 0 Å². The molecule has 8 heteroatoms. The molecule has 3 N–H and O–H groups in total. The lowest BCUT2D eigenvalue weighted by Crippen LogP contribution is -2.42. The van der Waals surface area contributed by atoms with E-state index in [0.717, 1.165) is 0 Å². The molecule has 3 aromatic carbocycles. The predicted octanol–water partition coefficient (Wildman–Crippen LogP) is 4.52. The van der Waals surface area contributed by atoms with Crippen LogP contribution in [0.1, 0.15) is 41.5 Å². The summed E-state index contributed by atoms with van der Waals surface area (Å²) in [7, 11) is 0. The van der Waals surface area contributed by atoms with Gasteiger partial charge in [-0.25, -0.2) is 0 Å². The van der Waals surface area contributed by atoms with E-state index >= 15 is 0 Å². The Balaban J connectivity index is 1.45. The van der Waals surface area contributed by atoms with Gasteiger partial charge in [0.2, 0.25) is 11.8 Å². The first-order valence-electron chi connectivity index (χ1n) is 11.2. The summed E-state index contributed by atoms with van der Waals surface area (Å²) < 4.78 is 0. The van der Waals surface area contributed by atoms with Crippen molar-refractivity contribution >= 4 is 46.4 Å². The molecule has 0 radical (unpaired) electrons. The third-order valence-electron chi connectivity index (χ3n) is 5.47.